The summed E-state index contributed by atoms with van der Waals surface area (Å²) in [5, 5.41) is 0.189. The van der Waals surface area contributed by atoms with Crippen molar-refractivity contribution in [2.75, 3.05) is 6.61 Å². The second-order valence-corrected chi connectivity index (χ2v) is 10.5. The summed E-state index contributed by atoms with van der Waals surface area (Å²) in [6, 6.07) is 3.67. The monoisotopic (exact) mass is 600 g/mol. The van der Waals surface area contributed by atoms with Gasteiger partial charge < -0.3 is 32.8 Å². The molecule has 2 aromatic rings. The average molecular weight is 601 g/mol. The van der Waals surface area contributed by atoms with Crippen LogP contribution in [0.4, 0.5) is 0 Å². The fourth-order valence-electron chi connectivity index (χ4n) is 4.26. The lowest BCUT2D eigenvalue weighted by molar-refractivity contribution is -0.288. The molecule has 15 nitrogen and oxygen atoms in total. The second kappa shape index (κ2) is 12.7. The van der Waals surface area contributed by atoms with Gasteiger partial charge in [-0.05, 0) is 24.6 Å². The Morgan fingerprint density at radius 1 is 0.902 bits per heavy atom. The number of carbonyl (C=O) groups excluding carboxylic acids is 4. The third-order valence-electron chi connectivity index (χ3n) is 5.73. The summed E-state index contributed by atoms with van der Waals surface area (Å²) in [7, 11) is -4.49. The van der Waals surface area contributed by atoms with Gasteiger partial charge in [-0.2, -0.15) is 8.42 Å². The number of benzene rings is 1. The Labute approximate surface area is 233 Å². The van der Waals surface area contributed by atoms with Crippen LogP contribution in [0.25, 0.3) is 11.0 Å². The summed E-state index contributed by atoms with van der Waals surface area (Å²) < 4.78 is 70.4. The minimum absolute atomic E-state index is 0.00514. The van der Waals surface area contributed by atoms with Crippen molar-refractivity contribution in [3.63, 3.8) is 0 Å². The third-order valence-corrected chi connectivity index (χ3v) is 6.40. The fourth-order valence-corrected chi connectivity index (χ4v) is 4.89. The molecule has 2 unspecified atom stereocenters. The minimum atomic E-state index is -4.49. The highest BCUT2D eigenvalue weighted by atomic mass is 32.2. The molecule has 0 amide bonds. The maximum atomic E-state index is 12.2. The van der Waals surface area contributed by atoms with Crippen molar-refractivity contribution in [1.29, 1.82) is 0 Å². The average Bonchev–Trinajstić information content (AvgIpc) is 2.81. The lowest BCUT2D eigenvalue weighted by Gasteiger charge is -2.44. The smallest absolute Gasteiger partial charge is 0.336 e. The molecule has 3 rings (SSSR count). The number of aryl methyl sites for hydroxylation is 1. The Balaban J connectivity index is 2.10. The molecule has 1 aromatic carbocycles. The molecule has 2 heterocycles. The number of ether oxygens (including phenoxy) is 6. The van der Waals surface area contributed by atoms with E-state index in [2.05, 4.69) is 0 Å². The maximum Gasteiger partial charge on any atom is 0.336 e. The molecular formula is C25H28O15S. The van der Waals surface area contributed by atoms with Crippen LogP contribution in [0.15, 0.2) is 27.4 Å². The molecule has 0 saturated carbocycles. The minimum Gasteiger partial charge on any atom is -0.463 e. The van der Waals surface area contributed by atoms with Crippen LogP contribution in [-0.2, 0) is 58.7 Å². The van der Waals surface area contributed by atoms with Gasteiger partial charge in [0.05, 0.1) is 0 Å². The first-order chi connectivity index (χ1) is 19.1. The van der Waals surface area contributed by atoms with Crippen molar-refractivity contribution in [2.24, 2.45) is 0 Å². The maximum absolute atomic E-state index is 12.2. The molecule has 41 heavy (non-hydrogen) atoms. The first-order valence-corrected chi connectivity index (χ1v) is 13.6. The van der Waals surface area contributed by atoms with Gasteiger partial charge in [0.1, 0.15) is 29.8 Å². The Morgan fingerprint density at radius 3 is 2.05 bits per heavy atom. The lowest BCUT2D eigenvalue weighted by Crippen LogP contribution is -2.63. The van der Waals surface area contributed by atoms with Crippen LogP contribution in [0, 0.1) is 6.92 Å². The SMILES string of the molecule is CC(=O)OCC1O[C@@H](Oc2ccc3c(CS(=O)(=O)O)cc(=O)oc3c2C)[C@@H](OC(C)=O)C(OC(C)=O)[C@@H]1OC(C)=O. The van der Waals surface area contributed by atoms with Gasteiger partial charge in [0.25, 0.3) is 10.1 Å². The molecule has 1 N–H and O–H groups in total. The van der Waals surface area contributed by atoms with E-state index in [0.29, 0.717) is 0 Å². The molecule has 1 aliphatic heterocycles. The van der Waals surface area contributed by atoms with Crippen molar-refractivity contribution in [2.45, 2.75) is 71.1 Å². The summed E-state index contributed by atoms with van der Waals surface area (Å²) in [4.78, 5) is 59.6. The van der Waals surface area contributed by atoms with Crippen LogP contribution in [0.5, 0.6) is 5.75 Å². The first kappa shape index (κ1) is 31.5. The normalized spacial score (nSPS) is 22.4. The van der Waals surface area contributed by atoms with Gasteiger partial charge in [0, 0.05) is 44.7 Å². The molecule has 224 valence electrons. The zero-order valence-corrected chi connectivity index (χ0v) is 23.4. The van der Waals surface area contributed by atoms with E-state index in [9.17, 15) is 36.9 Å². The van der Waals surface area contributed by atoms with Crippen molar-refractivity contribution < 1.29 is 65.0 Å². The molecule has 1 aliphatic rings. The Kier molecular flexibility index (Phi) is 9.73. The molecule has 0 aliphatic carbocycles. The van der Waals surface area contributed by atoms with Gasteiger partial charge in [0.2, 0.25) is 12.4 Å². The van der Waals surface area contributed by atoms with E-state index >= 15 is 0 Å². The number of rotatable bonds is 9. The Hall–Kier alpha value is -4.02. The van der Waals surface area contributed by atoms with Gasteiger partial charge >= 0.3 is 29.5 Å². The lowest BCUT2D eigenvalue weighted by atomic mass is 9.98. The highest BCUT2D eigenvalue weighted by Gasteiger charge is 2.53. The van der Waals surface area contributed by atoms with Crippen molar-refractivity contribution in [3.8, 4) is 5.75 Å². The predicted octanol–water partition coefficient (Wildman–Crippen LogP) is 0.951. The predicted molar refractivity (Wildman–Crippen MR) is 135 cm³/mol. The van der Waals surface area contributed by atoms with Crippen LogP contribution in [0.3, 0.4) is 0 Å². The van der Waals surface area contributed by atoms with Gasteiger partial charge in [-0.3, -0.25) is 23.7 Å². The Morgan fingerprint density at radius 2 is 1.49 bits per heavy atom. The van der Waals surface area contributed by atoms with E-state index in [1.165, 1.54) is 19.1 Å². The molecule has 1 saturated heterocycles. The van der Waals surface area contributed by atoms with Crippen molar-refractivity contribution in [3.05, 3.63) is 39.7 Å². The summed E-state index contributed by atoms with van der Waals surface area (Å²) >= 11 is 0. The molecule has 0 bridgehead atoms. The summed E-state index contributed by atoms with van der Waals surface area (Å²) in [5.74, 6) is -4.00. The van der Waals surface area contributed by atoms with Crippen LogP contribution in [0.2, 0.25) is 0 Å². The zero-order chi connectivity index (χ0) is 30.6. The third kappa shape index (κ3) is 8.25. The second-order valence-electron chi connectivity index (χ2n) is 9.07. The van der Waals surface area contributed by atoms with Crippen molar-refractivity contribution >= 4 is 45.0 Å². The van der Waals surface area contributed by atoms with E-state index in [4.69, 9.17) is 32.8 Å². The van der Waals surface area contributed by atoms with E-state index < -0.39 is 82.7 Å². The van der Waals surface area contributed by atoms with Crippen LogP contribution < -0.4 is 10.4 Å². The molecular weight excluding hydrogens is 572 g/mol. The number of fused-ring (bicyclic) bond motifs is 1. The highest BCUT2D eigenvalue weighted by Crippen LogP contribution is 2.34. The standard InChI is InChI=1S/C25H28O15S/c1-11-18(7-6-17-16(10-41(31,32)33)8-20(30)40-21(11)17)38-25-24(37-15(5)29)23(36-14(4)28)22(35-13(3)27)19(39-25)9-34-12(2)26/h6-8,19,22-25H,9-10H2,1-5H3,(H,31,32,33)/t19?,22-,23?,24+,25-/m1/s1. The highest BCUT2D eigenvalue weighted by molar-refractivity contribution is 7.85. The van der Waals surface area contributed by atoms with Gasteiger partial charge in [-0.1, -0.05) is 0 Å². The largest absolute Gasteiger partial charge is 0.463 e. The first-order valence-electron chi connectivity index (χ1n) is 12.0. The number of hydrogen-bond acceptors (Lipinski definition) is 14. The van der Waals surface area contributed by atoms with Crippen molar-refractivity contribution in [1.82, 2.24) is 0 Å². The van der Waals surface area contributed by atoms with E-state index in [1.807, 2.05) is 0 Å². The van der Waals surface area contributed by atoms with Crippen LogP contribution in [0.1, 0.15) is 38.8 Å². The summed E-state index contributed by atoms with van der Waals surface area (Å²) in [5.41, 5.74) is -0.812. The fraction of sp³-hybridized carbons (Fsp3) is 0.480. The Bertz CT molecular complexity index is 1510. The van der Waals surface area contributed by atoms with E-state index in [1.54, 1.807) is 0 Å². The number of carbonyl (C=O) groups is 4. The molecule has 0 radical (unpaired) electrons. The molecule has 1 aromatic heterocycles. The van der Waals surface area contributed by atoms with Gasteiger partial charge in [0.15, 0.2) is 12.2 Å². The van der Waals surface area contributed by atoms with Gasteiger partial charge in [-0.25, -0.2) is 4.79 Å². The summed E-state index contributed by atoms with van der Waals surface area (Å²) in [6.45, 7) is 5.36. The zero-order valence-electron chi connectivity index (χ0n) is 22.6. The van der Waals surface area contributed by atoms with E-state index in [-0.39, 0.29) is 27.8 Å². The number of esters is 4. The summed E-state index contributed by atoms with van der Waals surface area (Å²) in [6.07, 6.45) is -7.19. The quantitative estimate of drug-likeness (QED) is 0.184. The molecule has 1 fully saturated rings. The van der Waals surface area contributed by atoms with Gasteiger partial charge in [-0.15, -0.1) is 0 Å². The molecule has 5 atom stereocenters. The molecule has 16 heteroatoms. The van der Waals surface area contributed by atoms with E-state index in [0.717, 1.165) is 33.8 Å². The van der Waals surface area contributed by atoms with Crippen LogP contribution in [-0.4, -0.2) is 74.2 Å². The topological polar surface area (TPSA) is 208 Å². The molecule has 0 spiro atoms. The number of hydrogen-bond donors (Lipinski definition) is 1. The van der Waals surface area contributed by atoms with Crippen LogP contribution >= 0.6 is 0 Å².